The smallest absolute Gasteiger partial charge is 0.349 e. The van der Waals surface area contributed by atoms with Crippen LogP contribution < -0.4 is 16.6 Å². The fourth-order valence-electron chi connectivity index (χ4n) is 1.54. The molecule has 0 fully saturated rings. The second-order valence-corrected chi connectivity index (χ2v) is 5.96. The highest BCUT2D eigenvalue weighted by atomic mass is 19.4. The number of halogens is 3. The van der Waals surface area contributed by atoms with Gasteiger partial charge in [-0.15, -0.1) is 0 Å². The number of benzene rings is 1. The highest BCUT2D eigenvalue weighted by Crippen LogP contribution is 2.35. The van der Waals surface area contributed by atoms with Crippen LogP contribution in [0.25, 0.3) is 0 Å². The second kappa shape index (κ2) is 5.93. The quantitative estimate of drug-likeness (QED) is 0.593. The van der Waals surface area contributed by atoms with Crippen LogP contribution in [0.15, 0.2) is 18.2 Å². The first-order valence-corrected chi connectivity index (χ1v) is 6.45. The molecule has 1 aromatic rings. The summed E-state index contributed by atoms with van der Waals surface area (Å²) in [5, 5.41) is 2.69. The van der Waals surface area contributed by atoms with Crippen LogP contribution >= 0.6 is 0 Å². The number of hydrazine groups is 1. The van der Waals surface area contributed by atoms with Gasteiger partial charge >= 0.3 is 6.18 Å². The van der Waals surface area contributed by atoms with E-state index in [2.05, 4.69) is 5.32 Å². The maximum absolute atomic E-state index is 12.9. The van der Waals surface area contributed by atoms with Gasteiger partial charge in [0.25, 0.3) is 5.91 Å². The van der Waals surface area contributed by atoms with E-state index in [-0.39, 0.29) is 22.7 Å². The van der Waals surface area contributed by atoms with E-state index in [4.69, 9.17) is 5.84 Å². The number of amides is 1. The number of nitrogens with two attached hydrogens (primary N) is 1. The summed E-state index contributed by atoms with van der Waals surface area (Å²) in [5.74, 6) is 4.51. The summed E-state index contributed by atoms with van der Waals surface area (Å²) < 4.78 is 38.7. The summed E-state index contributed by atoms with van der Waals surface area (Å²) in [6, 6.07) is 3.04. The fourth-order valence-corrected chi connectivity index (χ4v) is 1.54. The van der Waals surface area contributed by atoms with Crippen molar-refractivity contribution in [1.29, 1.82) is 0 Å². The lowest BCUT2D eigenvalue weighted by molar-refractivity contribution is -0.137. The van der Waals surface area contributed by atoms with Crippen LogP contribution in [0, 0.1) is 5.41 Å². The van der Waals surface area contributed by atoms with Crippen LogP contribution in [0.2, 0.25) is 0 Å². The molecule has 0 bridgehead atoms. The van der Waals surface area contributed by atoms with Gasteiger partial charge in [0, 0.05) is 11.6 Å². The monoisotopic (exact) mass is 303 g/mol. The third-order valence-electron chi connectivity index (χ3n) is 3.39. The molecule has 0 radical (unpaired) electrons. The van der Waals surface area contributed by atoms with Crippen molar-refractivity contribution in [2.24, 2.45) is 11.3 Å². The molecule has 1 unspecified atom stereocenters. The second-order valence-electron chi connectivity index (χ2n) is 5.96. The lowest BCUT2D eigenvalue weighted by Gasteiger charge is -2.28. The number of hydrogen-bond donors (Lipinski definition) is 3. The van der Waals surface area contributed by atoms with Gasteiger partial charge < -0.3 is 10.7 Å². The van der Waals surface area contributed by atoms with Crippen molar-refractivity contribution in [2.45, 2.75) is 39.9 Å². The van der Waals surface area contributed by atoms with E-state index in [9.17, 15) is 18.0 Å². The van der Waals surface area contributed by atoms with Crippen molar-refractivity contribution < 1.29 is 18.0 Å². The number of carbonyl (C=O) groups is 1. The number of nitrogens with one attached hydrogen (secondary N) is 2. The van der Waals surface area contributed by atoms with Crippen molar-refractivity contribution in [1.82, 2.24) is 5.32 Å². The Labute approximate surface area is 121 Å². The van der Waals surface area contributed by atoms with E-state index in [1.807, 2.05) is 26.2 Å². The Morgan fingerprint density at radius 2 is 1.81 bits per heavy atom. The van der Waals surface area contributed by atoms with E-state index >= 15 is 0 Å². The summed E-state index contributed by atoms with van der Waals surface area (Å²) in [6.45, 7) is 7.60. The molecule has 1 amide bonds. The maximum atomic E-state index is 12.9. The minimum absolute atomic E-state index is 0.0579. The normalized spacial score (nSPS) is 13.7. The Hall–Kier alpha value is -1.76. The van der Waals surface area contributed by atoms with Gasteiger partial charge in [-0.3, -0.25) is 10.6 Å². The number of nitrogen functional groups attached to an aromatic ring is 1. The molecule has 4 N–H and O–H groups in total. The zero-order chi connectivity index (χ0) is 16.4. The molecule has 0 heterocycles. The summed E-state index contributed by atoms with van der Waals surface area (Å²) in [7, 11) is 0. The number of hydrogen-bond acceptors (Lipinski definition) is 3. The van der Waals surface area contributed by atoms with E-state index in [0.29, 0.717) is 0 Å². The van der Waals surface area contributed by atoms with Crippen molar-refractivity contribution in [3.8, 4) is 0 Å². The third-order valence-corrected chi connectivity index (χ3v) is 3.39. The number of carbonyl (C=O) groups excluding carboxylic acids is 1. The van der Waals surface area contributed by atoms with Gasteiger partial charge in [0.05, 0.1) is 11.3 Å². The SMILES string of the molecule is CC(NC(=O)c1ccc(NN)c(C(F)(F)F)c1)C(C)(C)C. The van der Waals surface area contributed by atoms with Gasteiger partial charge in [0.2, 0.25) is 0 Å². The third kappa shape index (κ3) is 4.35. The highest BCUT2D eigenvalue weighted by molar-refractivity contribution is 5.95. The molecule has 1 atom stereocenters. The molecule has 0 spiro atoms. The molecule has 0 aliphatic carbocycles. The van der Waals surface area contributed by atoms with Gasteiger partial charge in [0.15, 0.2) is 0 Å². The minimum atomic E-state index is -4.59. The molecule has 0 aliphatic heterocycles. The van der Waals surface area contributed by atoms with Crippen molar-refractivity contribution in [3.05, 3.63) is 29.3 Å². The zero-order valence-electron chi connectivity index (χ0n) is 12.4. The van der Waals surface area contributed by atoms with Gasteiger partial charge in [-0.25, -0.2) is 0 Å². The van der Waals surface area contributed by atoms with Crippen LogP contribution in [0.3, 0.4) is 0 Å². The molecule has 0 saturated carbocycles. The Kier molecular flexibility index (Phi) is 4.88. The van der Waals surface area contributed by atoms with Crippen molar-refractivity contribution >= 4 is 11.6 Å². The molecule has 7 heteroatoms. The average Bonchev–Trinajstić information content (AvgIpc) is 2.35. The zero-order valence-corrected chi connectivity index (χ0v) is 12.4. The number of rotatable bonds is 3. The topological polar surface area (TPSA) is 67.2 Å². The Morgan fingerprint density at radius 3 is 2.24 bits per heavy atom. The van der Waals surface area contributed by atoms with Gasteiger partial charge in [0.1, 0.15) is 0 Å². The lowest BCUT2D eigenvalue weighted by atomic mass is 9.88. The van der Waals surface area contributed by atoms with Crippen LogP contribution in [0.4, 0.5) is 18.9 Å². The van der Waals surface area contributed by atoms with Crippen LogP contribution in [0.5, 0.6) is 0 Å². The molecular weight excluding hydrogens is 283 g/mol. The van der Waals surface area contributed by atoms with E-state index in [1.54, 1.807) is 6.92 Å². The Bertz CT molecular complexity index is 521. The van der Waals surface area contributed by atoms with Crippen LogP contribution in [-0.2, 0) is 6.18 Å². The maximum Gasteiger partial charge on any atom is 0.418 e. The molecule has 1 aromatic carbocycles. The van der Waals surface area contributed by atoms with E-state index in [1.165, 1.54) is 6.07 Å². The molecule has 4 nitrogen and oxygen atoms in total. The molecule has 21 heavy (non-hydrogen) atoms. The number of alkyl halides is 3. The molecule has 0 aliphatic rings. The predicted octanol–water partition coefficient (Wildman–Crippen LogP) is 3.16. The molecule has 0 saturated heterocycles. The first-order valence-electron chi connectivity index (χ1n) is 6.45. The summed E-state index contributed by atoms with van der Waals surface area (Å²) in [5.41, 5.74) is 0.484. The molecular formula is C14H20F3N3O. The van der Waals surface area contributed by atoms with Gasteiger partial charge in [-0.2, -0.15) is 13.2 Å². The molecule has 118 valence electrons. The summed E-state index contributed by atoms with van der Waals surface area (Å²) >= 11 is 0. The van der Waals surface area contributed by atoms with Crippen LogP contribution in [-0.4, -0.2) is 11.9 Å². The fraction of sp³-hybridized carbons (Fsp3) is 0.500. The Balaban J connectivity index is 3.07. The average molecular weight is 303 g/mol. The Morgan fingerprint density at radius 1 is 1.24 bits per heavy atom. The summed E-state index contributed by atoms with van der Waals surface area (Å²) in [4.78, 5) is 12.1. The van der Waals surface area contributed by atoms with E-state index < -0.39 is 17.6 Å². The predicted molar refractivity (Wildman–Crippen MR) is 75.6 cm³/mol. The largest absolute Gasteiger partial charge is 0.418 e. The minimum Gasteiger partial charge on any atom is -0.349 e. The lowest BCUT2D eigenvalue weighted by Crippen LogP contribution is -2.41. The number of anilines is 1. The van der Waals surface area contributed by atoms with Gasteiger partial charge in [-0.05, 0) is 30.5 Å². The van der Waals surface area contributed by atoms with Crippen LogP contribution in [0.1, 0.15) is 43.6 Å². The molecule has 1 rings (SSSR count). The first kappa shape index (κ1) is 17.3. The van der Waals surface area contributed by atoms with Crippen molar-refractivity contribution in [3.63, 3.8) is 0 Å². The van der Waals surface area contributed by atoms with Crippen molar-refractivity contribution in [2.75, 3.05) is 5.43 Å². The van der Waals surface area contributed by atoms with E-state index in [0.717, 1.165) is 12.1 Å². The van der Waals surface area contributed by atoms with Gasteiger partial charge in [-0.1, -0.05) is 20.8 Å². The first-order chi connectivity index (χ1) is 9.46. The standard InChI is InChI=1S/C14H20F3N3O/c1-8(13(2,3)4)19-12(21)9-5-6-11(20-18)10(7-9)14(15,16)17/h5-8,20H,18H2,1-4H3,(H,19,21). The molecule has 0 aromatic heterocycles. The summed E-state index contributed by atoms with van der Waals surface area (Å²) in [6.07, 6.45) is -4.59. The highest BCUT2D eigenvalue weighted by Gasteiger charge is 2.34.